The number of carbonyl (C=O) groups is 1. The lowest BCUT2D eigenvalue weighted by Gasteiger charge is -2.45. The van der Waals surface area contributed by atoms with E-state index in [0.29, 0.717) is 27.5 Å². The molecule has 2 fully saturated rings. The minimum absolute atomic E-state index is 0.360. The SMILES string of the molecule is COc1c(C(N)=O)cc(Cl)c2c1SC(C1CCN3CCCC1C3)CCN2. The van der Waals surface area contributed by atoms with E-state index in [-0.39, 0.29) is 0 Å². The molecule has 1 aromatic carbocycles. The Morgan fingerprint density at radius 2 is 2.23 bits per heavy atom. The first-order valence-electron chi connectivity index (χ1n) is 9.41. The number of piperidine rings is 2. The Bertz CT molecular complexity index is 715. The van der Waals surface area contributed by atoms with Crippen LogP contribution in [0.3, 0.4) is 0 Å². The second-order valence-corrected chi connectivity index (χ2v) is 9.19. The summed E-state index contributed by atoms with van der Waals surface area (Å²) in [6.07, 6.45) is 4.99. The number of primary amides is 1. The molecule has 2 saturated heterocycles. The van der Waals surface area contributed by atoms with Crippen molar-refractivity contribution in [2.24, 2.45) is 17.6 Å². The van der Waals surface area contributed by atoms with Gasteiger partial charge in [0.05, 0.1) is 28.3 Å². The number of hydrogen-bond acceptors (Lipinski definition) is 5. The number of nitrogens with two attached hydrogens (primary N) is 1. The van der Waals surface area contributed by atoms with Crippen LogP contribution >= 0.6 is 23.4 Å². The summed E-state index contributed by atoms with van der Waals surface area (Å²) in [5.74, 6) is 1.53. The zero-order valence-corrected chi connectivity index (χ0v) is 16.7. The van der Waals surface area contributed by atoms with E-state index in [0.717, 1.165) is 29.5 Å². The number of amides is 1. The lowest BCUT2D eigenvalue weighted by Crippen LogP contribution is -2.47. The normalized spacial score (nSPS) is 30.7. The Morgan fingerprint density at radius 1 is 1.38 bits per heavy atom. The van der Waals surface area contributed by atoms with Crippen molar-refractivity contribution in [2.45, 2.75) is 35.8 Å². The number of halogens is 1. The molecule has 7 heteroatoms. The topological polar surface area (TPSA) is 67.6 Å². The first kappa shape index (κ1) is 18.3. The van der Waals surface area contributed by atoms with E-state index in [9.17, 15) is 4.79 Å². The quantitative estimate of drug-likeness (QED) is 0.820. The van der Waals surface area contributed by atoms with Crippen LogP contribution in [0.2, 0.25) is 5.02 Å². The summed E-state index contributed by atoms with van der Waals surface area (Å²) in [5, 5.41) is 4.50. The maximum Gasteiger partial charge on any atom is 0.252 e. The van der Waals surface area contributed by atoms with Crippen LogP contribution < -0.4 is 15.8 Å². The van der Waals surface area contributed by atoms with Crippen molar-refractivity contribution in [1.82, 2.24) is 4.90 Å². The number of fused-ring (bicyclic) bond motifs is 3. The number of benzene rings is 1. The molecular weight excluding hydrogens is 370 g/mol. The van der Waals surface area contributed by atoms with Crippen molar-refractivity contribution in [2.75, 3.05) is 38.6 Å². The number of ether oxygens (including phenoxy) is 1. The highest BCUT2D eigenvalue weighted by molar-refractivity contribution is 8.00. The smallest absolute Gasteiger partial charge is 0.252 e. The van der Waals surface area contributed by atoms with Crippen LogP contribution in [0, 0.1) is 11.8 Å². The monoisotopic (exact) mass is 395 g/mol. The molecule has 0 aromatic heterocycles. The standard InChI is InChI=1S/C19H26ClN3O2S/c1-25-17-13(19(21)24)9-14(20)16-18(17)26-15(4-6-22-16)12-5-8-23-7-2-3-11(12)10-23/h9,11-12,15,22H,2-8,10H2,1H3,(H2,21,24). The van der Waals surface area contributed by atoms with Gasteiger partial charge in [-0.05, 0) is 56.7 Å². The van der Waals surface area contributed by atoms with Crippen molar-refractivity contribution < 1.29 is 9.53 Å². The maximum absolute atomic E-state index is 11.9. The minimum atomic E-state index is -0.506. The van der Waals surface area contributed by atoms with Gasteiger partial charge in [-0.3, -0.25) is 4.79 Å². The number of nitrogens with one attached hydrogen (secondary N) is 1. The van der Waals surface area contributed by atoms with Crippen LogP contribution in [0.15, 0.2) is 11.0 Å². The number of thioether (sulfide) groups is 1. The van der Waals surface area contributed by atoms with Gasteiger partial charge in [0.15, 0.2) is 0 Å². The average Bonchev–Trinajstić information content (AvgIpc) is 2.85. The Kier molecular flexibility index (Phi) is 5.26. The number of rotatable bonds is 3. The molecule has 26 heavy (non-hydrogen) atoms. The van der Waals surface area contributed by atoms with Gasteiger partial charge in [0, 0.05) is 18.3 Å². The summed E-state index contributed by atoms with van der Waals surface area (Å²) < 4.78 is 5.60. The molecule has 4 atom stereocenters. The van der Waals surface area contributed by atoms with Crippen LogP contribution in [-0.2, 0) is 0 Å². The van der Waals surface area contributed by atoms with Crippen LogP contribution in [0.1, 0.15) is 36.0 Å². The summed E-state index contributed by atoms with van der Waals surface area (Å²) in [6, 6.07) is 1.62. The van der Waals surface area contributed by atoms with E-state index in [2.05, 4.69) is 10.2 Å². The number of hydrogen-bond donors (Lipinski definition) is 2. The maximum atomic E-state index is 11.9. The number of methoxy groups -OCH3 is 1. The largest absolute Gasteiger partial charge is 0.495 e. The molecule has 1 aromatic rings. The lowest BCUT2D eigenvalue weighted by molar-refractivity contribution is 0.0722. The molecule has 4 unspecified atom stereocenters. The molecule has 3 aliphatic rings. The Labute approximate surface area is 164 Å². The fourth-order valence-electron chi connectivity index (χ4n) is 4.82. The predicted molar refractivity (Wildman–Crippen MR) is 107 cm³/mol. The Morgan fingerprint density at radius 3 is 3.00 bits per heavy atom. The summed E-state index contributed by atoms with van der Waals surface area (Å²) in [7, 11) is 1.59. The first-order chi connectivity index (χ1) is 12.6. The summed E-state index contributed by atoms with van der Waals surface area (Å²) in [5.41, 5.74) is 6.80. The fourth-order valence-corrected chi connectivity index (χ4v) is 6.82. The van der Waals surface area contributed by atoms with E-state index in [1.54, 1.807) is 13.2 Å². The molecule has 0 radical (unpaired) electrons. The molecule has 3 N–H and O–H groups in total. The van der Waals surface area contributed by atoms with Crippen molar-refractivity contribution in [1.29, 1.82) is 0 Å². The third-order valence-electron chi connectivity index (χ3n) is 6.06. The van der Waals surface area contributed by atoms with E-state index in [1.165, 1.54) is 38.9 Å². The lowest BCUT2D eigenvalue weighted by atomic mass is 9.77. The van der Waals surface area contributed by atoms with E-state index in [4.69, 9.17) is 22.1 Å². The van der Waals surface area contributed by atoms with Gasteiger partial charge < -0.3 is 20.7 Å². The summed E-state index contributed by atoms with van der Waals surface area (Å²) in [4.78, 5) is 15.4. The fraction of sp³-hybridized carbons (Fsp3) is 0.632. The highest BCUT2D eigenvalue weighted by atomic mass is 35.5. The molecular formula is C19H26ClN3O2S. The number of nitrogens with zero attached hydrogens (tertiary/aromatic N) is 1. The second kappa shape index (κ2) is 7.49. The molecule has 2 bridgehead atoms. The van der Waals surface area contributed by atoms with E-state index in [1.807, 2.05) is 11.8 Å². The van der Waals surface area contributed by atoms with E-state index < -0.39 is 5.91 Å². The van der Waals surface area contributed by atoms with Gasteiger partial charge in [0.25, 0.3) is 5.91 Å². The van der Waals surface area contributed by atoms with Gasteiger partial charge in [0.2, 0.25) is 0 Å². The van der Waals surface area contributed by atoms with Crippen molar-refractivity contribution in [3.8, 4) is 5.75 Å². The van der Waals surface area contributed by atoms with E-state index >= 15 is 0 Å². The van der Waals surface area contributed by atoms with Crippen LogP contribution in [-0.4, -0.2) is 49.3 Å². The highest BCUT2D eigenvalue weighted by Crippen LogP contribution is 2.50. The molecule has 142 valence electrons. The van der Waals surface area contributed by atoms with Crippen LogP contribution in [0.4, 0.5) is 5.69 Å². The zero-order valence-electron chi connectivity index (χ0n) is 15.1. The molecule has 3 heterocycles. The molecule has 3 aliphatic heterocycles. The Balaban J connectivity index is 1.68. The summed E-state index contributed by atoms with van der Waals surface area (Å²) >= 11 is 8.29. The molecule has 0 spiro atoms. The Hall–Kier alpha value is -1.11. The van der Waals surface area contributed by atoms with Crippen molar-refractivity contribution >= 4 is 35.0 Å². The van der Waals surface area contributed by atoms with Crippen LogP contribution in [0.5, 0.6) is 5.75 Å². The van der Waals surface area contributed by atoms with Crippen LogP contribution in [0.25, 0.3) is 0 Å². The van der Waals surface area contributed by atoms with Gasteiger partial charge in [0.1, 0.15) is 5.75 Å². The minimum Gasteiger partial charge on any atom is -0.495 e. The first-order valence-corrected chi connectivity index (χ1v) is 10.7. The van der Waals surface area contributed by atoms with Gasteiger partial charge in [-0.2, -0.15) is 0 Å². The zero-order chi connectivity index (χ0) is 18.3. The van der Waals surface area contributed by atoms with Gasteiger partial charge in [-0.25, -0.2) is 0 Å². The van der Waals surface area contributed by atoms with Gasteiger partial charge in [-0.1, -0.05) is 11.6 Å². The third kappa shape index (κ3) is 3.27. The van der Waals surface area contributed by atoms with Crippen molar-refractivity contribution in [3.63, 3.8) is 0 Å². The third-order valence-corrected chi connectivity index (χ3v) is 7.87. The van der Waals surface area contributed by atoms with Crippen molar-refractivity contribution in [3.05, 3.63) is 16.7 Å². The molecule has 1 amide bonds. The highest BCUT2D eigenvalue weighted by Gasteiger charge is 2.38. The number of anilines is 1. The average molecular weight is 396 g/mol. The predicted octanol–water partition coefficient (Wildman–Crippen LogP) is 3.46. The van der Waals surface area contributed by atoms with Gasteiger partial charge >= 0.3 is 0 Å². The summed E-state index contributed by atoms with van der Waals surface area (Å²) in [6.45, 7) is 4.59. The van der Waals surface area contributed by atoms with Gasteiger partial charge in [-0.15, -0.1) is 11.8 Å². The molecule has 0 saturated carbocycles. The second-order valence-electron chi connectivity index (χ2n) is 7.53. The molecule has 0 aliphatic carbocycles. The number of carbonyl (C=O) groups excluding carboxylic acids is 1. The molecule has 5 nitrogen and oxygen atoms in total. The molecule has 4 rings (SSSR count).